The van der Waals surface area contributed by atoms with Gasteiger partial charge in [-0.1, -0.05) is 6.07 Å². The molecule has 0 aliphatic carbocycles. The van der Waals surface area contributed by atoms with Crippen molar-refractivity contribution in [3.05, 3.63) is 77.7 Å². The van der Waals surface area contributed by atoms with E-state index in [0.717, 1.165) is 24.1 Å². The molecule has 32 heavy (non-hydrogen) atoms. The number of aromatic nitrogens is 2. The van der Waals surface area contributed by atoms with Gasteiger partial charge in [-0.3, -0.25) is 19.4 Å². The number of hydrogen-bond donors (Lipinski definition) is 2. The highest BCUT2D eigenvalue weighted by atomic mass is 16.2. The van der Waals surface area contributed by atoms with Gasteiger partial charge < -0.3 is 15.5 Å². The van der Waals surface area contributed by atoms with Gasteiger partial charge >= 0.3 is 0 Å². The van der Waals surface area contributed by atoms with Crippen molar-refractivity contribution in [1.29, 1.82) is 0 Å². The highest BCUT2D eigenvalue weighted by molar-refractivity contribution is 6.11. The van der Waals surface area contributed by atoms with E-state index in [2.05, 4.69) is 20.6 Å². The van der Waals surface area contributed by atoms with Crippen molar-refractivity contribution in [1.82, 2.24) is 9.97 Å². The van der Waals surface area contributed by atoms with Gasteiger partial charge in [-0.15, -0.1) is 0 Å². The Bertz CT molecular complexity index is 1140. The first kappa shape index (κ1) is 21.2. The van der Waals surface area contributed by atoms with E-state index in [1.807, 2.05) is 19.1 Å². The zero-order valence-electron chi connectivity index (χ0n) is 17.7. The Morgan fingerprint density at radius 2 is 1.75 bits per heavy atom. The minimum Gasteiger partial charge on any atom is -0.322 e. The molecular weight excluding hydrogens is 406 g/mol. The number of rotatable bonds is 5. The van der Waals surface area contributed by atoms with Crippen LogP contribution in [-0.4, -0.2) is 34.2 Å². The molecule has 1 fully saturated rings. The summed E-state index contributed by atoms with van der Waals surface area (Å²) < 4.78 is 0. The van der Waals surface area contributed by atoms with E-state index in [-0.39, 0.29) is 23.0 Å². The Kier molecular flexibility index (Phi) is 6.21. The quantitative estimate of drug-likeness (QED) is 0.642. The summed E-state index contributed by atoms with van der Waals surface area (Å²) in [4.78, 5) is 47.5. The number of hydrogen-bond acceptors (Lipinski definition) is 5. The van der Waals surface area contributed by atoms with Crippen molar-refractivity contribution in [2.45, 2.75) is 26.2 Å². The van der Waals surface area contributed by atoms with Crippen LogP contribution in [0.5, 0.6) is 0 Å². The molecule has 2 N–H and O–H groups in total. The third kappa shape index (κ3) is 4.80. The zero-order valence-corrected chi connectivity index (χ0v) is 17.7. The van der Waals surface area contributed by atoms with Crippen LogP contribution >= 0.6 is 0 Å². The Balaban J connectivity index is 1.46. The zero-order chi connectivity index (χ0) is 22.5. The number of piperidine rings is 1. The maximum absolute atomic E-state index is 12.9. The predicted molar refractivity (Wildman–Crippen MR) is 122 cm³/mol. The van der Waals surface area contributed by atoms with Crippen LogP contribution in [-0.2, 0) is 4.79 Å². The van der Waals surface area contributed by atoms with Crippen molar-refractivity contribution >= 4 is 34.9 Å². The molecule has 0 saturated carbocycles. The molecule has 162 valence electrons. The lowest BCUT2D eigenvalue weighted by molar-refractivity contribution is -0.119. The van der Waals surface area contributed by atoms with E-state index in [4.69, 9.17) is 0 Å². The van der Waals surface area contributed by atoms with Crippen LogP contribution in [0.1, 0.15) is 45.7 Å². The van der Waals surface area contributed by atoms with Gasteiger partial charge in [-0.2, -0.15) is 0 Å². The van der Waals surface area contributed by atoms with E-state index in [0.29, 0.717) is 18.7 Å². The van der Waals surface area contributed by atoms with E-state index in [1.165, 1.54) is 6.20 Å². The third-order valence-electron chi connectivity index (χ3n) is 5.19. The number of anilines is 3. The Morgan fingerprint density at radius 3 is 2.47 bits per heavy atom. The molecule has 1 aliphatic rings. The first-order valence-corrected chi connectivity index (χ1v) is 10.4. The lowest BCUT2D eigenvalue weighted by Crippen LogP contribution is -2.35. The highest BCUT2D eigenvalue weighted by Gasteiger charge is 2.20. The van der Waals surface area contributed by atoms with Crippen LogP contribution in [0.25, 0.3) is 0 Å². The number of carbonyl (C=O) groups excluding carboxylic acids is 3. The minimum absolute atomic E-state index is 0.117. The van der Waals surface area contributed by atoms with Gasteiger partial charge in [0.15, 0.2) is 0 Å². The maximum atomic E-state index is 12.9. The Labute approximate surface area is 185 Å². The summed E-state index contributed by atoms with van der Waals surface area (Å²) in [6.45, 7) is 2.59. The largest absolute Gasteiger partial charge is 0.322 e. The van der Waals surface area contributed by atoms with Gasteiger partial charge in [-0.25, -0.2) is 4.98 Å². The van der Waals surface area contributed by atoms with Crippen molar-refractivity contribution in [3.8, 4) is 0 Å². The van der Waals surface area contributed by atoms with Crippen molar-refractivity contribution < 1.29 is 14.4 Å². The molecule has 3 amide bonds. The topological polar surface area (TPSA) is 104 Å². The van der Waals surface area contributed by atoms with Crippen LogP contribution < -0.4 is 15.5 Å². The molecule has 0 radical (unpaired) electrons. The smallest absolute Gasteiger partial charge is 0.275 e. The maximum Gasteiger partial charge on any atom is 0.275 e. The van der Waals surface area contributed by atoms with E-state index < -0.39 is 11.8 Å². The average molecular weight is 429 g/mol. The minimum atomic E-state index is -0.451. The normalized spacial score (nSPS) is 13.5. The molecule has 0 bridgehead atoms. The SMILES string of the molecule is Cc1ccc(C(=O)Nc2ncccc2C(=O)Nc2ccc(N3CCCCC3=O)cc2)nc1. The van der Waals surface area contributed by atoms with Gasteiger partial charge in [0.1, 0.15) is 11.5 Å². The van der Waals surface area contributed by atoms with Crippen LogP contribution in [0.3, 0.4) is 0 Å². The summed E-state index contributed by atoms with van der Waals surface area (Å²) in [5.74, 6) is -0.597. The molecule has 1 saturated heterocycles. The van der Waals surface area contributed by atoms with Gasteiger partial charge in [0.25, 0.3) is 11.8 Å². The number of nitrogens with zero attached hydrogens (tertiary/aromatic N) is 3. The summed E-state index contributed by atoms with van der Waals surface area (Å²) in [6.07, 6.45) is 5.57. The molecule has 1 aliphatic heterocycles. The monoisotopic (exact) mass is 429 g/mol. The van der Waals surface area contributed by atoms with E-state index >= 15 is 0 Å². The van der Waals surface area contributed by atoms with Crippen LogP contribution in [0.15, 0.2) is 60.9 Å². The summed E-state index contributed by atoms with van der Waals surface area (Å²) in [6, 6.07) is 13.7. The number of nitrogens with one attached hydrogen (secondary N) is 2. The second-order valence-electron chi connectivity index (χ2n) is 7.58. The van der Waals surface area contributed by atoms with Crippen LogP contribution in [0.4, 0.5) is 17.2 Å². The fourth-order valence-electron chi connectivity index (χ4n) is 3.46. The van der Waals surface area contributed by atoms with Crippen molar-refractivity contribution in [2.75, 3.05) is 22.1 Å². The standard InChI is InChI=1S/C24H23N5O3/c1-16-7-12-20(26-15-16)24(32)28-22-19(5-4-13-25-22)23(31)27-17-8-10-18(11-9-17)29-14-3-2-6-21(29)30/h4-5,7-13,15H,2-3,6,14H2,1H3,(H,27,31)(H,25,28,32). The molecule has 3 aromatic rings. The summed E-state index contributed by atoms with van der Waals surface area (Å²) in [7, 11) is 0. The molecule has 1 aromatic carbocycles. The summed E-state index contributed by atoms with van der Waals surface area (Å²) in [5.41, 5.74) is 2.78. The first-order chi connectivity index (χ1) is 15.5. The molecule has 8 heteroatoms. The summed E-state index contributed by atoms with van der Waals surface area (Å²) >= 11 is 0. The number of benzene rings is 1. The van der Waals surface area contributed by atoms with Gasteiger partial charge in [0.05, 0.1) is 5.56 Å². The fourth-order valence-corrected chi connectivity index (χ4v) is 3.46. The fraction of sp³-hybridized carbons (Fsp3) is 0.208. The predicted octanol–water partition coefficient (Wildman–Crippen LogP) is 3.81. The molecule has 8 nitrogen and oxygen atoms in total. The van der Waals surface area contributed by atoms with Crippen LogP contribution in [0, 0.1) is 6.92 Å². The Morgan fingerprint density at radius 1 is 0.938 bits per heavy atom. The van der Waals surface area contributed by atoms with E-state index in [9.17, 15) is 14.4 Å². The first-order valence-electron chi connectivity index (χ1n) is 10.4. The van der Waals surface area contributed by atoms with Crippen molar-refractivity contribution in [2.24, 2.45) is 0 Å². The van der Waals surface area contributed by atoms with Crippen molar-refractivity contribution in [3.63, 3.8) is 0 Å². The number of carbonyl (C=O) groups is 3. The van der Waals surface area contributed by atoms with E-state index in [1.54, 1.807) is 47.5 Å². The molecule has 0 unspecified atom stereocenters. The number of pyridine rings is 2. The molecule has 3 heterocycles. The van der Waals surface area contributed by atoms with Gasteiger partial charge in [0.2, 0.25) is 5.91 Å². The van der Waals surface area contributed by atoms with Gasteiger partial charge in [0, 0.05) is 36.7 Å². The highest BCUT2D eigenvalue weighted by Crippen LogP contribution is 2.23. The van der Waals surface area contributed by atoms with Crippen LogP contribution in [0.2, 0.25) is 0 Å². The second-order valence-corrected chi connectivity index (χ2v) is 7.58. The Hall–Kier alpha value is -4.07. The average Bonchev–Trinajstić information content (AvgIpc) is 2.81. The molecule has 2 aromatic heterocycles. The summed E-state index contributed by atoms with van der Waals surface area (Å²) in [5, 5.41) is 5.46. The lowest BCUT2D eigenvalue weighted by Gasteiger charge is -2.26. The van der Waals surface area contributed by atoms with Gasteiger partial charge in [-0.05, 0) is 67.8 Å². The lowest BCUT2D eigenvalue weighted by atomic mass is 10.1. The molecule has 0 atom stereocenters. The molecule has 0 spiro atoms. The second kappa shape index (κ2) is 9.38. The molecule has 4 rings (SSSR count). The number of amides is 3. The third-order valence-corrected chi connectivity index (χ3v) is 5.19. The molecular formula is C24H23N5O3. The number of aryl methyl sites for hydroxylation is 1.